The van der Waals surface area contributed by atoms with Crippen LogP contribution in [-0.2, 0) is 16.4 Å². The average Bonchev–Trinajstić information content (AvgIpc) is 2.29. The number of nitrogens with two attached hydrogens (primary N) is 1. The zero-order valence-electron chi connectivity index (χ0n) is 10.3. The Bertz CT molecular complexity index is 438. The third kappa shape index (κ3) is 4.46. The van der Waals surface area contributed by atoms with Crippen LogP contribution >= 0.6 is 0 Å². The van der Waals surface area contributed by atoms with E-state index in [1.165, 1.54) is 0 Å². The van der Waals surface area contributed by atoms with Crippen LogP contribution in [0.2, 0.25) is 0 Å². The maximum atomic E-state index is 11.6. The lowest BCUT2D eigenvalue weighted by molar-refractivity contribution is 0.597. The van der Waals surface area contributed by atoms with E-state index in [0.717, 1.165) is 12.1 Å². The summed E-state index contributed by atoms with van der Waals surface area (Å²) in [5.74, 6) is 0.134. The highest BCUT2D eigenvalue weighted by Gasteiger charge is 2.10. The first-order valence-corrected chi connectivity index (χ1v) is 7.39. The van der Waals surface area contributed by atoms with Gasteiger partial charge in [-0.25, -0.2) is 8.42 Å². The molecule has 0 spiro atoms. The molecular weight excluding hydrogens is 236 g/mol. The van der Waals surface area contributed by atoms with Gasteiger partial charge >= 0.3 is 0 Å². The predicted octanol–water partition coefficient (Wildman–Crippen LogP) is 0.917. The zero-order chi connectivity index (χ0) is 12.9. The highest BCUT2D eigenvalue weighted by atomic mass is 32.2. The molecule has 0 saturated heterocycles. The number of sulfone groups is 1. The summed E-state index contributed by atoms with van der Waals surface area (Å²) in [7, 11) is -3.09. The molecule has 0 fully saturated rings. The van der Waals surface area contributed by atoms with Gasteiger partial charge in [-0.3, -0.25) is 0 Å². The molecule has 0 aromatic heterocycles. The Hall–Kier alpha value is -0.910. The fraction of sp³-hybridized carbons (Fsp3) is 0.500. The summed E-state index contributed by atoms with van der Waals surface area (Å²) in [4.78, 5) is 0.385. The molecule has 1 aromatic carbocycles. The molecule has 96 valence electrons. The van der Waals surface area contributed by atoms with Crippen molar-refractivity contribution in [3.8, 4) is 0 Å². The molecule has 0 radical (unpaired) electrons. The fourth-order valence-electron chi connectivity index (χ4n) is 1.43. The summed E-state index contributed by atoms with van der Waals surface area (Å²) in [5.41, 5.74) is 6.67. The van der Waals surface area contributed by atoms with E-state index in [1.807, 2.05) is 19.1 Å². The van der Waals surface area contributed by atoms with Gasteiger partial charge in [-0.05, 0) is 24.6 Å². The molecule has 0 amide bonds. The van der Waals surface area contributed by atoms with Crippen LogP contribution in [0.1, 0.15) is 19.4 Å². The Balaban J connectivity index is 2.63. The van der Waals surface area contributed by atoms with Gasteiger partial charge in [-0.15, -0.1) is 0 Å². The molecule has 1 aromatic rings. The van der Waals surface area contributed by atoms with Gasteiger partial charge in [0.1, 0.15) is 0 Å². The molecule has 0 saturated carbocycles. The quantitative estimate of drug-likeness (QED) is 0.794. The molecule has 0 heterocycles. The molecule has 5 heteroatoms. The van der Waals surface area contributed by atoms with E-state index in [1.54, 1.807) is 19.1 Å². The predicted molar refractivity (Wildman–Crippen MR) is 69.5 cm³/mol. The second-order valence-electron chi connectivity index (χ2n) is 4.16. The van der Waals surface area contributed by atoms with E-state index in [-0.39, 0.29) is 11.8 Å². The van der Waals surface area contributed by atoms with Crippen molar-refractivity contribution in [1.82, 2.24) is 5.32 Å². The van der Waals surface area contributed by atoms with Crippen molar-refractivity contribution >= 4 is 9.84 Å². The third-order valence-electron chi connectivity index (χ3n) is 2.46. The molecule has 4 nitrogen and oxygen atoms in total. The van der Waals surface area contributed by atoms with Crippen LogP contribution in [-0.4, -0.2) is 26.8 Å². The summed E-state index contributed by atoms with van der Waals surface area (Å²) in [6.07, 6.45) is 0. The Labute approximate surface area is 103 Å². The van der Waals surface area contributed by atoms with Crippen molar-refractivity contribution in [2.45, 2.75) is 31.3 Å². The Morgan fingerprint density at radius 2 is 1.88 bits per heavy atom. The molecule has 0 aliphatic carbocycles. The minimum atomic E-state index is -3.09. The van der Waals surface area contributed by atoms with Crippen LogP contribution in [0.5, 0.6) is 0 Å². The zero-order valence-corrected chi connectivity index (χ0v) is 11.1. The molecule has 1 unspecified atom stereocenters. The first-order chi connectivity index (χ1) is 7.95. The minimum Gasteiger partial charge on any atom is -0.327 e. The highest BCUT2D eigenvalue weighted by molar-refractivity contribution is 7.91. The van der Waals surface area contributed by atoms with Gasteiger partial charge in [0.25, 0.3) is 0 Å². The van der Waals surface area contributed by atoms with Gasteiger partial charge in [0.05, 0.1) is 10.6 Å². The SMILES string of the molecule is CCS(=O)(=O)c1ccc(CNCC(C)N)cc1. The summed E-state index contributed by atoms with van der Waals surface area (Å²) in [6.45, 7) is 5.03. The molecule has 0 aliphatic heterocycles. The number of hydrogen-bond acceptors (Lipinski definition) is 4. The van der Waals surface area contributed by atoms with Gasteiger partial charge in [0.2, 0.25) is 0 Å². The lowest BCUT2D eigenvalue weighted by Crippen LogP contribution is -2.30. The average molecular weight is 256 g/mol. The van der Waals surface area contributed by atoms with Crippen LogP contribution in [0.4, 0.5) is 0 Å². The first-order valence-electron chi connectivity index (χ1n) is 5.73. The lowest BCUT2D eigenvalue weighted by atomic mass is 10.2. The minimum absolute atomic E-state index is 0.120. The van der Waals surface area contributed by atoms with Crippen LogP contribution in [0, 0.1) is 0 Å². The number of hydrogen-bond donors (Lipinski definition) is 2. The van der Waals surface area contributed by atoms with Gasteiger partial charge in [-0.1, -0.05) is 19.1 Å². The summed E-state index contributed by atoms with van der Waals surface area (Å²) >= 11 is 0. The van der Waals surface area contributed by atoms with Crippen molar-refractivity contribution < 1.29 is 8.42 Å². The molecule has 3 N–H and O–H groups in total. The first kappa shape index (κ1) is 14.2. The topological polar surface area (TPSA) is 72.2 Å². The van der Waals surface area contributed by atoms with Crippen molar-refractivity contribution in [2.24, 2.45) is 5.73 Å². The van der Waals surface area contributed by atoms with Crippen LogP contribution in [0.15, 0.2) is 29.2 Å². The normalized spacial score (nSPS) is 13.6. The monoisotopic (exact) mass is 256 g/mol. The molecule has 0 aliphatic rings. The maximum absolute atomic E-state index is 11.6. The Morgan fingerprint density at radius 1 is 1.29 bits per heavy atom. The van der Waals surface area contributed by atoms with Crippen LogP contribution in [0.25, 0.3) is 0 Å². The Morgan fingerprint density at radius 3 is 2.35 bits per heavy atom. The Kier molecular flexibility index (Phi) is 5.11. The molecule has 1 atom stereocenters. The van der Waals surface area contributed by atoms with E-state index < -0.39 is 9.84 Å². The van der Waals surface area contributed by atoms with E-state index in [2.05, 4.69) is 5.32 Å². The largest absolute Gasteiger partial charge is 0.327 e. The summed E-state index contributed by atoms with van der Waals surface area (Å²) in [5, 5.41) is 3.20. The maximum Gasteiger partial charge on any atom is 0.178 e. The fourth-order valence-corrected chi connectivity index (χ4v) is 2.31. The van der Waals surface area contributed by atoms with Crippen molar-refractivity contribution in [3.63, 3.8) is 0 Å². The van der Waals surface area contributed by atoms with E-state index in [9.17, 15) is 8.42 Å². The van der Waals surface area contributed by atoms with Crippen LogP contribution < -0.4 is 11.1 Å². The van der Waals surface area contributed by atoms with E-state index in [4.69, 9.17) is 5.73 Å². The van der Waals surface area contributed by atoms with E-state index in [0.29, 0.717) is 11.4 Å². The molecule has 0 bridgehead atoms. The summed E-state index contributed by atoms with van der Waals surface area (Å²) < 4.78 is 23.2. The van der Waals surface area contributed by atoms with E-state index >= 15 is 0 Å². The third-order valence-corrected chi connectivity index (χ3v) is 4.21. The van der Waals surface area contributed by atoms with Gasteiger partial charge in [0.15, 0.2) is 9.84 Å². The van der Waals surface area contributed by atoms with Crippen molar-refractivity contribution in [2.75, 3.05) is 12.3 Å². The summed E-state index contributed by atoms with van der Waals surface area (Å²) in [6, 6.07) is 7.09. The van der Waals surface area contributed by atoms with Crippen molar-refractivity contribution in [1.29, 1.82) is 0 Å². The standard InChI is InChI=1S/C12H20N2O2S/c1-3-17(15,16)12-6-4-11(5-7-12)9-14-8-10(2)13/h4-7,10,14H,3,8-9,13H2,1-2H3. The number of nitrogens with one attached hydrogen (secondary N) is 1. The number of rotatable bonds is 6. The van der Waals surface area contributed by atoms with Gasteiger partial charge in [-0.2, -0.15) is 0 Å². The molecular formula is C12H20N2O2S. The van der Waals surface area contributed by atoms with Crippen molar-refractivity contribution in [3.05, 3.63) is 29.8 Å². The second-order valence-corrected chi connectivity index (χ2v) is 6.43. The van der Waals surface area contributed by atoms with Gasteiger partial charge < -0.3 is 11.1 Å². The molecule has 17 heavy (non-hydrogen) atoms. The van der Waals surface area contributed by atoms with Crippen LogP contribution in [0.3, 0.4) is 0 Å². The smallest absolute Gasteiger partial charge is 0.178 e. The molecule has 1 rings (SSSR count). The highest BCUT2D eigenvalue weighted by Crippen LogP contribution is 2.12. The number of benzene rings is 1. The lowest BCUT2D eigenvalue weighted by Gasteiger charge is -2.08. The van der Waals surface area contributed by atoms with Gasteiger partial charge in [0, 0.05) is 19.1 Å². The second kappa shape index (κ2) is 6.14.